The van der Waals surface area contributed by atoms with Crippen LogP contribution in [-0.2, 0) is 0 Å². The van der Waals surface area contributed by atoms with Crippen molar-refractivity contribution < 1.29 is 0 Å². The van der Waals surface area contributed by atoms with Crippen LogP contribution in [0.15, 0.2) is 0 Å². The molecule has 0 unspecified atom stereocenters. The summed E-state index contributed by atoms with van der Waals surface area (Å²) in [6.45, 7) is 32.1. The molecule has 0 N–H and O–H groups in total. The Morgan fingerprint density at radius 3 is 0.700 bits per heavy atom. The smallest absolute Gasteiger partial charge is 0.0411 e. The predicted molar refractivity (Wildman–Crippen MR) is 118 cm³/mol. The fourth-order valence-corrected chi connectivity index (χ4v) is 0. The van der Waals surface area contributed by atoms with Crippen LogP contribution in [0.2, 0.25) is 91.7 Å². The molecule has 0 aliphatic heterocycles. The van der Waals surface area contributed by atoms with Gasteiger partial charge in [0.05, 0.1) is 0 Å². The van der Waals surface area contributed by atoms with Gasteiger partial charge in [-0.3, -0.25) is 0 Å². The molecule has 1 radical (unpaired) electrons. The largest absolute Gasteiger partial charge is 0.0750 e. The molecule has 0 nitrogen and oxygen atoms in total. The van der Waals surface area contributed by atoms with E-state index in [1.54, 1.807) is 0 Å². The van der Waals surface area contributed by atoms with Crippen LogP contribution >= 0.6 is 0 Å². The first-order valence-electron chi connectivity index (χ1n) is 8.03. The molecule has 0 spiro atoms. The molecule has 0 amide bonds. The van der Waals surface area contributed by atoms with E-state index in [0.717, 1.165) is 9.52 Å². The molecule has 0 aromatic rings. The van der Waals surface area contributed by atoms with Crippen LogP contribution in [0, 0.1) is 0 Å². The minimum atomic E-state index is -0.611. The van der Waals surface area contributed by atoms with E-state index in [9.17, 15) is 0 Å². The van der Waals surface area contributed by atoms with Gasteiger partial charge in [-0.15, -0.1) is 0 Å². The Kier molecular flexibility index (Phi) is 58.0. The van der Waals surface area contributed by atoms with Crippen molar-refractivity contribution in [2.24, 2.45) is 0 Å². The van der Waals surface area contributed by atoms with Gasteiger partial charge in [-0.05, 0) is 0 Å². The van der Waals surface area contributed by atoms with Crippen LogP contribution in [0.3, 0.4) is 0 Å². The maximum Gasteiger partial charge on any atom is 0.0411 e. The monoisotopic (exact) mass is 622 g/mol. The number of rotatable bonds is 0. The topological polar surface area (TPSA) is 0 Å². The standard InChI is InChI=1S/C4H12Si.2C3H10Si.C2H8Si.C2H7Si.Rf/c1-5(2,3)4;2*1-4(2)3;2*1-3-2;/h1-4H3;2*4H,1-3H3;3H2,1-2H3;3H,1-2H3;. The zero-order valence-electron chi connectivity index (χ0n) is 17.6. The van der Waals surface area contributed by atoms with Gasteiger partial charge in [0.2, 0.25) is 0 Å². The Morgan fingerprint density at radius 1 is 0.700 bits per heavy atom. The molecule has 0 aliphatic rings. The van der Waals surface area contributed by atoms with E-state index >= 15 is 0 Å². The fourth-order valence-electron chi connectivity index (χ4n) is 0. The van der Waals surface area contributed by atoms with Gasteiger partial charge in [0.1, 0.15) is 0 Å². The minimum absolute atomic E-state index is 0. The SMILES string of the molecule is C[SiH2]C.C[SiH](C)C.C[SiH](C)C.C[SiH]C.C[Si](C)(C)C.[Rf]. The van der Waals surface area contributed by atoms with Gasteiger partial charge >= 0.3 is 0 Å². The molecule has 0 saturated carbocycles. The molecule has 125 valence electrons. The zero-order valence-corrected chi connectivity index (χ0v) is 29.9. The van der Waals surface area contributed by atoms with E-state index in [2.05, 4.69) is 91.7 Å². The van der Waals surface area contributed by atoms with E-state index in [1.165, 1.54) is 0 Å². The van der Waals surface area contributed by atoms with Crippen molar-refractivity contribution in [2.75, 3.05) is 0 Å². The van der Waals surface area contributed by atoms with Crippen molar-refractivity contribution in [3.05, 3.63) is 0 Å². The molecule has 0 atom stereocenters. The third-order valence-electron chi connectivity index (χ3n) is 0. The number of hydrogen-bond donors (Lipinski definition) is 0. The Morgan fingerprint density at radius 2 is 0.700 bits per heavy atom. The van der Waals surface area contributed by atoms with Crippen LogP contribution in [0.1, 0.15) is 0 Å². The summed E-state index contributed by atoms with van der Waals surface area (Å²) in [5, 5.41) is 0. The average Bonchev–Trinajstić information content (AvgIpc) is 1.98. The van der Waals surface area contributed by atoms with Crippen molar-refractivity contribution >= 4 is 44.7 Å². The summed E-state index contributed by atoms with van der Waals surface area (Å²) >= 11 is 0. The van der Waals surface area contributed by atoms with Gasteiger partial charge in [-0.25, -0.2) is 0 Å². The Labute approximate surface area is 136 Å². The summed E-state index contributed by atoms with van der Waals surface area (Å²) < 4.78 is 0. The summed E-state index contributed by atoms with van der Waals surface area (Å²) in [6.07, 6.45) is 0. The summed E-state index contributed by atoms with van der Waals surface area (Å²) in [5.41, 5.74) is 0. The number of hydrogen-bond acceptors (Lipinski definition) is 0. The normalized spacial score (nSPS) is 8.40. The maximum absolute atomic E-state index is 2.33. The van der Waals surface area contributed by atoms with Gasteiger partial charge in [0, 0.05) is 44.7 Å². The molecule has 0 aromatic carbocycles. The molecule has 0 rings (SSSR count). The van der Waals surface area contributed by atoms with Crippen LogP contribution in [0.5, 0.6) is 0 Å². The quantitative estimate of drug-likeness (QED) is 0.336. The van der Waals surface area contributed by atoms with Gasteiger partial charge in [0.15, 0.2) is 0 Å². The molecule has 0 saturated heterocycles. The molecular formula is C14H47RfSi5. The van der Waals surface area contributed by atoms with Gasteiger partial charge in [-0.1, -0.05) is 91.7 Å². The van der Waals surface area contributed by atoms with E-state index < -0.39 is 8.07 Å². The van der Waals surface area contributed by atoms with Gasteiger partial charge in [-0.2, -0.15) is 0 Å². The van der Waals surface area contributed by atoms with E-state index in [-0.39, 0.29) is 17.6 Å². The van der Waals surface area contributed by atoms with Crippen molar-refractivity contribution in [2.45, 2.75) is 91.7 Å². The second-order valence-corrected chi connectivity index (χ2v) is 23.2. The van der Waals surface area contributed by atoms with Crippen LogP contribution in [-0.4, -0.2) is 44.7 Å². The third-order valence-corrected chi connectivity index (χ3v) is 0. The summed E-state index contributed by atoms with van der Waals surface area (Å²) in [7, 11) is 0.278. The molecule has 0 heterocycles. The van der Waals surface area contributed by atoms with Gasteiger partial charge in [0.25, 0.3) is 0 Å². The van der Waals surface area contributed by atoms with Crippen LogP contribution in [0.4, 0.5) is 0 Å². The van der Waals surface area contributed by atoms with Crippen LogP contribution < -0.4 is 0 Å². The van der Waals surface area contributed by atoms with Crippen molar-refractivity contribution in [3.63, 3.8) is 0 Å². The molecule has 0 aromatic heterocycles. The zero-order chi connectivity index (χ0) is 17.1. The molecular weight excluding hydrogens is 576 g/mol. The van der Waals surface area contributed by atoms with E-state index in [4.69, 9.17) is 0 Å². The van der Waals surface area contributed by atoms with Crippen molar-refractivity contribution in [3.8, 4) is 0 Å². The van der Waals surface area contributed by atoms with Gasteiger partial charge < -0.3 is 0 Å². The van der Waals surface area contributed by atoms with E-state index in [1.807, 2.05) is 0 Å². The first-order valence-corrected chi connectivity index (χ1v) is 24.1. The average molecular weight is 623 g/mol. The first-order chi connectivity index (χ1) is 8.29. The third kappa shape index (κ3) is 741000. The van der Waals surface area contributed by atoms with Crippen molar-refractivity contribution in [1.82, 2.24) is 0 Å². The Hall–Kier alpha value is 0.0844. The predicted octanol–water partition coefficient (Wildman–Crippen LogP) is 4.93. The van der Waals surface area contributed by atoms with Crippen molar-refractivity contribution in [1.29, 1.82) is 0 Å². The molecule has 0 fully saturated rings. The fraction of sp³-hybridized carbons (Fsp3) is 1.00. The Balaban J connectivity index is -0.0000000307. The maximum atomic E-state index is 2.33. The summed E-state index contributed by atoms with van der Waals surface area (Å²) in [6, 6.07) is 0. The molecule has 6 heteroatoms. The second kappa shape index (κ2) is 31.5. The summed E-state index contributed by atoms with van der Waals surface area (Å²) in [4.78, 5) is 0. The summed E-state index contributed by atoms with van der Waals surface area (Å²) in [5.74, 6) is 0. The minimum Gasteiger partial charge on any atom is -0.0750 e. The van der Waals surface area contributed by atoms with Crippen LogP contribution in [0.25, 0.3) is 0 Å². The molecule has 0 bridgehead atoms. The van der Waals surface area contributed by atoms with E-state index in [0.29, 0.717) is 9.52 Å². The Bertz CT molecular complexity index is 95.1. The first kappa shape index (κ1) is 36.9. The second-order valence-electron chi connectivity index (χ2n) is 7.75. The molecule has 0 aliphatic carbocycles. The molecule has 20 heavy (non-hydrogen) atoms.